The molecule has 0 spiro atoms. The van der Waals surface area contributed by atoms with E-state index in [-0.39, 0.29) is 5.91 Å². The Kier molecular flexibility index (Phi) is 3.26. The van der Waals surface area contributed by atoms with Crippen molar-refractivity contribution in [1.82, 2.24) is 4.98 Å². The van der Waals surface area contributed by atoms with E-state index in [9.17, 15) is 4.79 Å². The van der Waals surface area contributed by atoms with Crippen molar-refractivity contribution < 1.29 is 4.79 Å². The molecular weight excluding hydrogens is 282 g/mol. The summed E-state index contributed by atoms with van der Waals surface area (Å²) in [6.07, 6.45) is 1.67. The number of benzene rings is 1. The van der Waals surface area contributed by atoms with Crippen LogP contribution in [0.3, 0.4) is 0 Å². The lowest BCUT2D eigenvalue weighted by Gasteiger charge is -2.04. The van der Waals surface area contributed by atoms with Crippen molar-refractivity contribution >= 4 is 27.5 Å². The summed E-state index contributed by atoms with van der Waals surface area (Å²) < 4.78 is 0.802. The van der Waals surface area contributed by atoms with Crippen molar-refractivity contribution in [2.45, 2.75) is 0 Å². The molecule has 0 saturated carbocycles. The fourth-order valence-electron chi connectivity index (χ4n) is 1.38. The third kappa shape index (κ3) is 2.55. The zero-order chi connectivity index (χ0) is 12.3. The van der Waals surface area contributed by atoms with E-state index in [1.54, 1.807) is 36.5 Å². The van der Waals surface area contributed by atoms with Gasteiger partial charge in [-0.15, -0.1) is 0 Å². The van der Waals surface area contributed by atoms with Crippen LogP contribution >= 0.6 is 15.9 Å². The number of halogens is 1. The van der Waals surface area contributed by atoms with Crippen LogP contribution in [-0.4, -0.2) is 10.9 Å². The Morgan fingerprint density at radius 1 is 1.41 bits per heavy atom. The SMILES string of the molecule is N#Cc1ccccc1NC(=O)c1cc(Br)c[nH]1. The molecule has 1 aromatic carbocycles. The molecule has 1 heterocycles. The number of carbonyl (C=O) groups excluding carboxylic acids is 1. The quantitative estimate of drug-likeness (QED) is 0.892. The minimum atomic E-state index is -0.279. The monoisotopic (exact) mass is 289 g/mol. The van der Waals surface area contributed by atoms with E-state index in [4.69, 9.17) is 5.26 Å². The van der Waals surface area contributed by atoms with Crippen LogP contribution in [0.15, 0.2) is 41.0 Å². The molecule has 0 bridgehead atoms. The first-order chi connectivity index (χ1) is 8.20. The number of nitrogens with one attached hydrogen (secondary N) is 2. The van der Waals surface area contributed by atoms with E-state index in [0.29, 0.717) is 16.9 Å². The van der Waals surface area contributed by atoms with Crippen molar-refractivity contribution in [3.8, 4) is 6.07 Å². The second kappa shape index (κ2) is 4.85. The predicted octanol–water partition coefficient (Wildman–Crippen LogP) is 2.90. The summed E-state index contributed by atoms with van der Waals surface area (Å²) in [5.41, 5.74) is 1.38. The van der Waals surface area contributed by atoms with Gasteiger partial charge in [0.2, 0.25) is 0 Å². The van der Waals surface area contributed by atoms with Crippen LogP contribution in [0, 0.1) is 11.3 Å². The molecule has 5 heteroatoms. The number of para-hydroxylation sites is 1. The van der Waals surface area contributed by atoms with Crippen molar-refractivity contribution in [1.29, 1.82) is 5.26 Å². The van der Waals surface area contributed by atoms with Gasteiger partial charge in [0.05, 0.1) is 11.3 Å². The first-order valence-corrected chi connectivity index (χ1v) is 5.64. The maximum absolute atomic E-state index is 11.8. The van der Waals surface area contributed by atoms with Crippen molar-refractivity contribution in [3.63, 3.8) is 0 Å². The average Bonchev–Trinajstić information content (AvgIpc) is 2.77. The summed E-state index contributed by atoms with van der Waals surface area (Å²) in [7, 11) is 0. The summed E-state index contributed by atoms with van der Waals surface area (Å²) in [5.74, 6) is -0.279. The summed E-state index contributed by atoms with van der Waals surface area (Å²) in [6.45, 7) is 0. The number of carbonyl (C=O) groups is 1. The van der Waals surface area contributed by atoms with Gasteiger partial charge < -0.3 is 10.3 Å². The molecule has 2 N–H and O–H groups in total. The van der Waals surface area contributed by atoms with Gasteiger partial charge in [0.1, 0.15) is 11.8 Å². The molecule has 0 unspecified atom stereocenters. The van der Waals surface area contributed by atoms with E-state index in [2.05, 4.69) is 26.2 Å². The zero-order valence-electron chi connectivity index (χ0n) is 8.70. The van der Waals surface area contributed by atoms with Gasteiger partial charge in [-0.25, -0.2) is 0 Å². The largest absolute Gasteiger partial charge is 0.356 e. The first-order valence-electron chi connectivity index (χ1n) is 4.85. The topological polar surface area (TPSA) is 68.7 Å². The van der Waals surface area contributed by atoms with Crippen LogP contribution in [0.4, 0.5) is 5.69 Å². The first kappa shape index (κ1) is 11.4. The molecule has 0 aliphatic heterocycles. The summed E-state index contributed by atoms with van der Waals surface area (Å²) >= 11 is 3.25. The lowest BCUT2D eigenvalue weighted by Crippen LogP contribution is -2.13. The molecule has 2 rings (SSSR count). The lowest BCUT2D eigenvalue weighted by molar-refractivity contribution is 0.102. The molecule has 0 atom stereocenters. The second-order valence-corrected chi connectivity index (χ2v) is 4.26. The minimum absolute atomic E-state index is 0.279. The molecule has 1 amide bonds. The van der Waals surface area contributed by atoms with Gasteiger partial charge in [-0.3, -0.25) is 4.79 Å². The van der Waals surface area contributed by atoms with E-state index in [1.165, 1.54) is 0 Å². The number of nitriles is 1. The number of amides is 1. The number of hydrogen-bond donors (Lipinski definition) is 2. The molecule has 0 fully saturated rings. The predicted molar refractivity (Wildman–Crippen MR) is 67.6 cm³/mol. The Morgan fingerprint density at radius 2 is 2.18 bits per heavy atom. The maximum atomic E-state index is 11.8. The van der Waals surface area contributed by atoms with Gasteiger partial charge in [0.25, 0.3) is 5.91 Å². The van der Waals surface area contributed by atoms with Gasteiger partial charge in [-0.1, -0.05) is 12.1 Å². The molecule has 4 nitrogen and oxygen atoms in total. The van der Waals surface area contributed by atoms with Gasteiger partial charge in [0, 0.05) is 10.7 Å². The van der Waals surface area contributed by atoms with Crippen molar-refractivity contribution in [2.24, 2.45) is 0 Å². The fourth-order valence-corrected chi connectivity index (χ4v) is 1.72. The number of aromatic nitrogens is 1. The summed E-state index contributed by atoms with van der Waals surface area (Å²) in [6, 6.07) is 10.6. The molecule has 2 aromatic rings. The summed E-state index contributed by atoms with van der Waals surface area (Å²) in [4.78, 5) is 14.6. The Labute approximate surface area is 106 Å². The maximum Gasteiger partial charge on any atom is 0.272 e. The third-order valence-corrected chi connectivity index (χ3v) is 2.65. The fraction of sp³-hybridized carbons (Fsp3) is 0. The van der Waals surface area contributed by atoms with Crippen LogP contribution in [-0.2, 0) is 0 Å². The number of aromatic amines is 1. The van der Waals surface area contributed by atoms with Crippen LogP contribution in [0.2, 0.25) is 0 Å². The van der Waals surface area contributed by atoms with Crippen LogP contribution in [0.1, 0.15) is 16.1 Å². The highest BCUT2D eigenvalue weighted by Gasteiger charge is 2.10. The standard InChI is InChI=1S/C12H8BrN3O/c13-9-5-11(15-7-9)12(17)16-10-4-2-1-3-8(10)6-14/h1-5,7,15H,(H,16,17). The number of rotatable bonds is 2. The summed E-state index contributed by atoms with van der Waals surface area (Å²) in [5, 5.41) is 11.6. The van der Waals surface area contributed by atoms with E-state index in [1.807, 2.05) is 6.07 Å². The smallest absolute Gasteiger partial charge is 0.272 e. The zero-order valence-corrected chi connectivity index (χ0v) is 10.3. The molecule has 0 saturated heterocycles. The molecule has 0 radical (unpaired) electrons. The highest BCUT2D eigenvalue weighted by Crippen LogP contribution is 2.16. The highest BCUT2D eigenvalue weighted by molar-refractivity contribution is 9.10. The number of hydrogen-bond acceptors (Lipinski definition) is 2. The third-order valence-electron chi connectivity index (χ3n) is 2.19. The van der Waals surface area contributed by atoms with E-state index in [0.717, 1.165) is 4.47 Å². The molecule has 0 aliphatic rings. The van der Waals surface area contributed by atoms with Gasteiger partial charge in [-0.05, 0) is 34.1 Å². The van der Waals surface area contributed by atoms with Crippen molar-refractivity contribution in [3.05, 3.63) is 52.3 Å². The van der Waals surface area contributed by atoms with E-state index >= 15 is 0 Å². The lowest BCUT2D eigenvalue weighted by atomic mass is 10.2. The van der Waals surface area contributed by atoms with Crippen LogP contribution in [0.25, 0.3) is 0 Å². The van der Waals surface area contributed by atoms with Gasteiger partial charge >= 0.3 is 0 Å². The van der Waals surface area contributed by atoms with Crippen molar-refractivity contribution in [2.75, 3.05) is 5.32 Å². The highest BCUT2D eigenvalue weighted by atomic mass is 79.9. The normalized spacial score (nSPS) is 9.65. The Balaban J connectivity index is 2.22. The molecule has 84 valence electrons. The van der Waals surface area contributed by atoms with Gasteiger partial charge in [0.15, 0.2) is 0 Å². The molecule has 1 aromatic heterocycles. The molecular formula is C12H8BrN3O. The Bertz CT molecular complexity index is 598. The second-order valence-electron chi connectivity index (χ2n) is 3.34. The Morgan fingerprint density at radius 3 is 2.82 bits per heavy atom. The van der Waals surface area contributed by atoms with Crippen LogP contribution < -0.4 is 5.32 Å². The molecule has 17 heavy (non-hydrogen) atoms. The Hall–Kier alpha value is -2.06. The van der Waals surface area contributed by atoms with Crippen LogP contribution in [0.5, 0.6) is 0 Å². The number of nitrogens with zero attached hydrogens (tertiary/aromatic N) is 1. The van der Waals surface area contributed by atoms with Gasteiger partial charge in [-0.2, -0.15) is 5.26 Å². The number of H-pyrrole nitrogens is 1. The molecule has 0 aliphatic carbocycles. The number of anilines is 1. The van der Waals surface area contributed by atoms with E-state index < -0.39 is 0 Å². The minimum Gasteiger partial charge on any atom is -0.356 e. The average molecular weight is 290 g/mol.